The van der Waals surface area contributed by atoms with Crippen molar-refractivity contribution in [2.75, 3.05) is 0 Å². The average molecular weight is 391 g/mol. The molecule has 1 aliphatic rings. The summed E-state index contributed by atoms with van der Waals surface area (Å²) in [5.74, 6) is 0.597. The fraction of sp³-hybridized carbons (Fsp3) is 0.261. The van der Waals surface area contributed by atoms with Crippen LogP contribution in [0.1, 0.15) is 43.7 Å². The molecule has 5 heteroatoms. The highest BCUT2D eigenvalue weighted by Gasteiger charge is 2.58. The third kappa shape index (κ3) is 2.72. The van der Waals surface area contributed by atoms with Crippen molar-refractivity contribution in [2.24, 2.45) is 0 Å². The van der Waals surface area contributed by atoms with Gasteiger partial charge in [-0.25, -0.2) is 15.5 Å². The van der Waals surface area contributed by atoms with Gasteiger partial charge in [0.1, 0.15) is 5.76 Å². The summed E-state index contributed by atoms with van der Waals surface area (Å²) in [6.07, 6.45) is 1.59. The van der Waals surface area contributed by atoms with E-state index < -0.39 is 27.3 Å². The lowest BCUT2D eigenvalue weighted by Crippen LogP contribution is -2.44. The number of nitrogens with zero attached hydrogens (tertiary/aromatic N) is 1. The van der Waals surface area contributed by atoms with E-state index in [1.807, 2.05) is 75.4 Å². The van der Waals surface area contributed by atoms with Crippen molar-refractivity contribution < 1.29 is 8.63 Å². The summed E-state index contributed by atoms with van der Waals surface area (Å²) in [6, 6.07) is 19.0. The molecule has 0 aliphatic heterocycles. The van der Waals surface area contributed by atoms with Gasteiger partial charge in [0.15, 0.2) is 6.04 Å². The molecule has 1 heterocycles. The Hall–Kier alpha value is -2.68. The highest BCUT2D eigenvalue weighted by Crippen LogP contribution is 2.55. The van der Waals surface area contributed by atoms with Gasteiger partial charge in [0.05, 0.1) is 33.1 Å². The zero-order valence-corrected chi connectivity index (χ0v) is 16.9. The number of benzene rings is 2. The van der Waals surface area contributed by atoms with Crippen LogP contribution >= 0.6 is 0 Å². The lowest BCUT2D eigenvalue weighted by molar-refractivity contribution is 0.381. The molecule has 1 aliphatic carbocycles. The van der Waals surface area contributed by atoms with E-state index in [0.717, 1.165) is 22.3 Å². The lowest BCUT2D eigenvalue weighted by atomic mass is 9.80. The maximum Gasteiger partial charge on any atom is 0.306 e. The van der Waals surface area contributed by atoms with Crippen molar-refractivity contribution in [1.82, 2.24) is 4.72 Å². The Morgan fingerprint density at radius 2 is 1.57 bits per heavy atom. The molecule has 0 saturated heterocycles. The van der Waals surface area contributed by atoms with Crippen molar-refractivity contribution >= 4 is 11.0 Å². The third-order valence-electron chi connectivity index (χ3n) is 5.17. The molecule has 2 aromatic carbocycles. The van der Waals surface area contributed by atoms with Gasteiger partial charge >= 0.3 is 5.54 Å². The largest absolute Gasteiger partial charge is 0.467 e. The van der Waals surface area contributed by atoms with Crippen molar-refractivity contribution in [1.29, 1.82) is 0 Å². The summed E-state index contributed by atoms with van der Waals surface area (Å²) >= 11 is 0. The van der Waals surface area contributed by atoms with Crippen LogP contribution in [0.25, 0.3) is 16.0 Å². The minimum atomic E-state index is -1.38. The Morgan fingerprint density at radius 3 is 2.04 bits per heavy atom. The Morgan fingerprint density at radius 1 is 1.00 bits per heavy atom. The first-order valence-electron chi connectivity index (χ1n) is 9.19. The number of hydrogen-bond donors (Lipinski definition) is 1. The zero-order chi connectivity index (χ0) is 19.9. The van der Waals surface area contributed by atoms with Gasteiger partial charge < -0.3 is 4.42 Å². The topological polar surface area (TPSA) is 46.6 Å². The van der Waals surface area contributed by atoms with E-state index in [4.69, 9.17) is 11.0 Å². The highest BCUT2D eigenvalue weighted by atomic mass is 32.2. The molecule has 1 aromatic heterocycles. The van der Waals surface area contributed by atoms with Crippen LogP contribution in [0.15, 0.2) is 71.3 Å². The average Bonchev–Trinajstić information content (AvgIpc) is 3.31. The monoisotopic (exact) mass is 390 g/mol. The SMILES string of the molecule is [C-]#[N+]C1([C@@H](NS(=O)C(C)(C)C)c2ccco2)c2ccccc2-c2ccccc21. The second kappa shape index (κ2) is 6.73. The molecule has 0 saturated carbocycles. The predicted octanol–water partition coefficient (Wildman–Crippen LogP) is 5.22. The van der Waals surface area contributed by atoms with Gasteiger partial charge in [-0.2, -0.15) is 0 Å². The van der Waals surface area contributed by atoms with E-state index in [0.29, 0.717) is 5.76 Å². The minimum Gasteiger partial charge on any atom is -0.467 e. The summed E-state index contributed by atoms with van der Waals surface area (Å²) in [4.78, 5) is 4.19. The number of nitrogens with one attached hydrogen (secondary N) is 1. The molecule has 3 aromatic rings. The van der Waals surface area contributed by atoms with Gasteiger partial charge in [0, 0.05) is 0 Å². The first kappa shape index (κ1) is 18.7. The van der Waals surface area contributed by atoms with E-state index in [1.165, 1.54) is 0 Å². The standard InChI is InChI=1S/C23H22N2O2S/c1-22(2,3)28(26)25-21(20-14-9-15-27-20)23(24-4)18-12-7-5-10-16(18)17-11-6-8-13-19(17)23/h5-15,21,25H,1-3H3/t21-,28?/m0/s1. The number of furan rings is 1. The van der Waals surface area contributed by atoms with E-state index in [2.05, 4.69) is 9.57 Å². The predicted molar refractivity (Wildman–Crippen MR) is 112 cm³/mol. The molecule has 0 fully saturated rings. The van der Waals surface area contributed by atoms with E-state index >= 15 is 0 Å². The number of rotatable bonds is 4. The first-order valence-corrected chi connectivity index (χ1v) is 10.3. The Kier molecular flexibility index (Phi) is 4.49. The van der Waals surface area contributed by atoms with Crippen molar-refractivity contribution in [3.63, 3.8) is 0 Å². The maximum atomic E-state index is 13.1. The minimum absolute atomic E-state index is 0.480. The molecule has 0 bridgehead atoms. The van der Waals surface area contributed by atoms with Crippen LogP contribution in [0.5, 0.6) is 0 Å². The number of hydrogen-bond acceptors (Lipinski definition) is 2. The molecule has 4 nitrogen and oxygen atoms in total. The van der Waals surface area contributed by atoms with Crippen LogP contribution in [0, 0.1) is 6.57 Å². The second-order valence-corrected chi connectivity index (χ2v) is 9.91. The maximum absolute atomic E-state index is 13.1. The van der Waals surface area contributed by atoms with Crippen LogP contribution in [0.2, 0.25) is 0 Å². The molecular formula is C23H22N2O2S. The summed E-state index contributed by atoms with van der Waals surface area (Å²) < 4.78 is 21.6. The van der Waals surface area contributed by atoms with Crippen LogP contribution in [0.3, 0.4) is 0 Å². The van der Waals surface area contributed by atoms with Gasteiger partial charge in [0.2, 0.25) is 0 Å². The lowest BCUT2D eigenvalue weighted by Gasteiger charge is -2.30. The molecule has 28 heavy (non-hydrogen) atoms. The van der Waals surface area contributed by atoms with Crippen LogP contribution in [0.4, 0.5) is 0 Å². The Balaban J connectivity index is 1.99. The van der Waals surface area contributed by atoms with Crippen LogP contribution in [-0.4, -0.2) is 8.96 Å². The molecule has 2 atom stereocenters. The third-order valence-corrected chi connectivity index (χ3v) is 6.73. The summed E-state index contributed by atoms with van der Waals surface area (Å²) in [7, 11) is -1.38. The van der Waals surface area contributed by atoms with Gasteiger partial charge in [-0.05, 0) is 56.2 Å². The van der Waals surface area contributed by atoms with Gasteiger partial charge in [-0.3, -0.25) is 4.85 Å². The molecule has 0 spiro atoms. The zero-order valence-electron chi connectivity index (χ0n) is 16.1. The molecule has 4 rings (SSSR count). The Bertz CT molecular complexity index is 1030. The molecule has 0 radical (unpaired) electrons. The quantitative estimate of drug-likeness (QED) is 0.621. The summed E-state index contributed by atoms with van der Waals surface area (Å²) in [5.41, 5.74) is 2.83. The first-order chi connectivity index (χ1) is 13.4. The molecule has 142 valence electrons. The molecule has 1 N–H and O–H groups in total. The summed E-state index contributed by atoms with van der Waals surface area (Å²) in [6.45, 7) is 14.0. The molecule has 0 amide bonds. The number of fused-ring (bicyclic) bond motifs is 3. The van der Waals surface area contributed by atoms with E-state index in [1.54, 1.807) is 12.3 Å². The highest BCUT2D eigenvalue weighted by molar-refractivity contribution is 7.84. The van der Waals surface area contributed by atoms with Gasteiger partial charge in [0.25, 0.3) is 0 Å². The van der Waals surface area contributed by atoms with Crippen LogP contribution in [-0.2, 0) is 16.5 Å². The fourth-order valence-electron chi connectivity index (χ4n) is 3.83. The fourth-order valence-corrected chi connectivity index (χ4v) is 4.68. The van der Waals surface area contributed by atoms with Gasteiger partial charge in [-0.15, -0.1) is 0 Å². The van der Waals surface area contributed by atoms with E-state index in [9.17, 15) is 4.21 Å². The second-order valence-electron chi connectivity index (χ2n) is 7.92. The molecule has 1 unspecified atom stereocenters. The van der Waals surface area contributed by atoms with E-state index in [-0.39, 0.29) is 0 Å². The van der Waals surface area contributed by atoms with Crippen molar-refractivity contribution in [3.05, 3.63) is 95.2 Å². The Labute approximate surface area is 168 Å². The molecular weight excluding hydrogens is 368 g/mol. The van der Waals surface area contributed by atoms with Gasteiger partial charge in [-0.1, -0.05) is 36.4 Å². The van der Waals surface area contributed by atoms with Crippen molar-refractivity contribution in [2.45, 2.75) is 37.1 Å². The summed E-state index contributed by atoms with van der Waals surface area (Å²) in [5, 5.41) is 0. The normalized spacial score (nSPS) is 16.6. The van der Waals surface area contributed by atoms with Crippen LogP contribution < -0.4 is 4.72 Å². The van der Waals surface area contributed by atoms with Crippen molar-refractivity contribution in [3.8, 4) is 11.1 Å². The smallest absolute Gasteiger partial charge is 0.306 e.